The topological polar surface area (TPSA) is 55.8 Å². The van der Waals surface area contributed by atoms with Gasteiger partial charge in [-0.2, -0.15) is 0 Å². The molecule has 0 aromatic heterocycles. The van der Waals surface area contributed by atoms with Crippen LogP contribution in [0.4, 0.5) is 14.9 Å². The zero-order valence-electron chi connectivity index (χ0n) is 15.6. The molecule has 7 heteroatoms. The van der Waals surface area contributed by atoms with Gasteiger partial charge in [0.1, 0.15) is 5.82 Å². The molecule has 5 unspecified atom stereocenters. The van der Waals surface area contributed by atoms with E-state index in [9.17, 15) is 14.3 Å². The van der Waals surface area contributed by atoms with Gasteiger partial charge in [-0.1, -0.05) is 18.5 Å². The summed E-state index contributed by atoms with van der Waals surface area (Å²) < 4.78 is 13.4. The lowest BCUT2D eigenvalue weighted by Crippen LogP contribution is -2.47. The Morgan fingerprint density at radius 1 is 1.41 bits per heavy atom. The number of β-amino-alcohol motifs (C(OH)–C–C–N with tert-alkyl or cyclic N) is 1. The number of hydrogen-bond donors (Lipinski definition) is 2. The highest BCUT2D eigenvalue weighted by molar-refractivity contribution is 6.31. The maximum atomic E-state index is 13.4. The predicted molar refractivity (Wildman–Crippen MR) is 103 cm³/mol. The molecule has 1 heterocycles. The highest BCUT2D eigenvalue weighted by Gasteiger charge is 2.57. The van der Waals surface area contributed by atoms with Gasteiger partial charge in [0.15, 0.2) is 0 Å². The molecule has 5 atom stereocenters. The minimum Gasteiger partial charge on any atom is -0.392 e. The first-order valence-corrected chi connectivity index (χ1v) is 10.2. The van der Waals surface area contributed by atoms with Crippen LogP contribution in [0.1, 0.15) is 26.2 Å². The molecule has 148 valence electrons. The van der Waals surface area contributed by atoms with E-state index in [-0.39, 0.29) is 23.2 Å². The summed E-state index contributed by atoms with van der Waals surface area (Å²) in [6.45, 7) is 5.21. The van der Waals surface area contributed by atoms with Gasteiger partial charge in [0.2, 0.25) is 0 Å². The van der Waals surface area contributed by atoms with Crippen LogP contribution < -0.4 is 5.32 Å². The number of likely N-dealkylation sites (tertiary alicyclic amines) is 1. The van der Waals surface area contributed by atoms with Gasteiger partial charge in [0, 0.05) is 37.9 Å². The molecular weight excluding hydrogens is 369 g/mol. The number of amides is 2. The fourth-order valence-electron chi connectivity index (χ4n) is 5.04. The lowest BCUT2D eigenvalue weighted by molar-refractivity contribution is 0.153. The molecule has 0 radical (unpaired) electrons. The number of urea groups is 1. The van der Waals surface area contributed by atoms with Crippen molar-refractivity contribution in [2.45, 2.75) is 38.3 Å². The summed E-state index contributed by atoms with van der Waals surface area (Å²) in [7, 11) is 0. The van der Waals surface area contributed by atoms with Crippen LogP contribution in [0.25, 0.3) is 0 Å². The molecule has 0 bridgehead atoms. The molecule has 1 aromatic carbocycles. The van der Waals surface area contributed by atoms with E-state index in [0.717, 1.165) is 31.8 Å². The fraction of sp³-hybridized carbons (Fsp3) is 0.650. The summed E-state index contributed by atoms with van der Waals surface area (Å²) >= 11 is 5.84. The summed E-state index contributed by atoms with van der Waals surface area (Å²) in [6.07, 6.45) is 2.77. The van der Waals surface area contributed by atoms with E-state index in [1.807, 2.05) is 4.90 Å². The van der Waals surface area contributed by atoms with E-state index < -0.39 is 5.82 Å². The number of aliphatic hydroxyl groups excluding tert-OH is 1. The number of carbonyl (C=O) groups excluding carboxylic acids is 1. The Labute approximate surface area is 164 Å². The molecule has 5 nitrogen and oxygen atoms in total. The summed E-state index contributed by atoms with van der Waals surface area (Å²) in [5.74, 6) is 1.54. The van der Waals surface area contributed by atoms with Crippen LogP contribution in [0.2, 0.25) is 5.02 Å². The van der Waals surface area contributed by atoms with Gasteiger partial charge in [-0.3, -0.25) is 4.90 Å². The molecule has 3 fully saturated rings. The molecular formula is C20H27ClFN3O2. The smallest absolute Gasteiger partial charge is 0.322 e. The third-order valence-corrected chi connectivity index (χ3v) is 6.90. The van der Waals surface area contributed by atoms with Crippen LogP contribution in [0, 0.1) is 23.6 Å². The van der Waals surface area contributed by atoms with Gasteiger partial charge in [-0.25, -0.2) is 9.18 Å². The number of anilines is 1. The number of carbonyl (C=O) groups is 1. The third-order valence-electron chi connectivity index (χ3n) is 6.61. The molecule has 4 rings (SSSR count). The Balaban J connectivity index is 1.44. The van der Waals surface area contributed by atoms with E-state index >= 15 is 0 Å². The maximum Gasteiger partial charge on any atom is 0.322 e. The SMILES string of the molecule is CC1C2CCC(N(CCN3CCC(O)C3)C(=O)Nc3ccc(F)c(Cl)c3)C12. The Kier molecular flexibility index (Phi) is 5.32. The molecule has 3 aliphatic rings. The molecule has 0 spiro atoms. The second kappa shape index (κ2) is 7.57. The molecule has 27 heavy (non-hydrogen) atoms. The van der Waals surface area contributed by atoms with Crippen LogP contribution in [0.15, 0.2) is 18.2 Å². The van der Waals surface area contributed by atoms with E-state index in [4.69, 9.17) is 11.6 Å². The van der Waals surface area contributed by atoms with E-state index in [1.54, 1.807) is 0 Å². The number of aliphatic hydroxyl groups is 1. The van der Waals surface area contributed by atoms with Gasteiger partial charge in [-0.15, -0.1) is 0 Å². The number of benzene rings is 1. The van der Waals surface area contributed by atoms with Crippen molar-refractivity contribution in [3.8, 4) is 0 Å². The summed E-state index contributed by atoms with van der Waals surface area (Å²) in [5, 5.41) is 12.6. The number of halogens is 2. The first-order valence-electron chi connectivity index (χ1n) is 9.87. The first-order chi connectivity index (χ1) is 12.9. The second-order valence-corrected chi connectivity index (χ2v) is 8.65. The highest BCUT2D eigenvalue weighted by atomic mass is 35.5. The van der Waals surface area contributed by atoms with Crippen molar-refractivity contribution in [2.24, 2.45) is 17.8 Å². The van der Waals surface area contributed by atoms with Crippen LogP contribution in [0.5, 0.6) is 0 Å². The summed E-state index contributed by atoms with van der Waals surface area (Å²) in [5.41, 5.74) is 0.506. The van der Waals surface area contributed by atoms with Crippen LogP contribution in [0.3, 0.4) is 0 Å². The van der Waals surface area contributed by atoms with Crippen LogP contribution in [-0.2, 0) is 0 Å². The standard InChI is InChI=1S/C20H27ClFN3O2/c1-12-15-3-5-18(19(12)15)25(9-8-24-7-6-14(26)11-24)20(27)23-13-2-4-17(22)16(21)10-13/h2,4,10,12,14-15,18-19,26H,3,5-9,11H2,1H3,(H,23,27). The normalized spacial score (nSPS) is 32.4. The minimum atomic E-state index is -0.496. The van der Waals surface area contributed by atoms with E-state index in [2.05, 4.69) is 17.1 Å². The van der Waals surface area contributed by atoms with Crippen molar-refractivity contribution < 1.29 is 14.3 Å². The average molecular weight is 396 g/mol. The number of hydrogen-bond acceptors (Lipinski definition) is 3. The van der Waals surface area contributed by atoms with Gasteiger partial charge < -0.3 is 15.3 Å². The van der Waals surface area contributed by atoms with Gasteiger partial charge >= 0.3 is 6.03 Å². The first kappa shape index (κ1) is 19.0. The zero-order valence-corrected chi connectivity index (χ0v) is 16.3. The lowest BCUT2D eigenvalue weighted by atomic mass is 10.1. The molecule has 2 aliphatic carbocycles. The van der Waals surface area contributed by atoms with Crippen LogP contribution in [-0.4, -0.2) is 59.3 Å². The van der Waals surface area contributed by atoms with Gasteiger partial charge in [0.25, 0.3) is 0 Å². The maximum absolute atomic E-state index is 13.4. The molecule has 2 amide bonds. The minimum absolute atomic E-state index is 0.00199. The highest BCUT2D eigenvalue weighted by Crippen LogP contribution is 2.58. The van der Waals surface area contributed by atoms with E-state index in [1.165, 1.54) is 24.6 Å². The van der Waals surface area contributed by atoms with Crippen molar-refractivity contribution in [2.75, 3.05) is 31.5 Å². The summed E-state index contributed by atoms with van der Waals surface area (Å²) in [4.78, 5) is 17.2. The molecule has 1 aliphatic heterocycles. The van der Waals surface area contributed by atoms with Gasteiger partial charge in [-0.05, 0) is 55.2 Å². The van der Waals surface area contributed by atoms with Crippen molar-refractivity contribution in [1.29, 1.82) is 0 Å². The Bertz CT molecular complexity index is 718. The Hall–Kier alpha value is -1.37. The van der Waals surface area contributed by atoms with Crippen molar-refractivity contribution >= 4 is 23.3 Å². The number of fused-ring (bicyclic) bond motifs is 1. The molecule has 2 N–H and O–H groups in total. The number of nitrogens with zero attached hydrogens (tertiary/aromatic N) is 2. The van der Waals surface area contributed by atoms with Crippen LogP contribution >= 0.6 is 11.6 Å². The zero-order chi connectivity index (χ0) is 19.1. The van der Waals surface area contributed by atoms with Crippen molar-refractivity contribution in [1.82, 2.24) is 9.80 Å². The largest absolute Gasteiger partial charge is 0.392 e. The Morgan fingerprint density at radius 3 is 2.85 bits per heavy atom. The Morgan fingerprint density at radius 2 is 2.22 bits per heavy atom. The quantitative estimate of drug-likeness (QED) is 0.803. The molecule has 1 aromatic rings. The second-order valence-electron chi connectivity index (χ2n) is 8.24. The van der Waals surface area contributed by atoms with Gasteiger partial charge in [0.05, 0.1) is 11.1 Å². The number of nitrogens with one attached hydrogen (secondary N) is 1. The molecule has 2 saturated carbocycles. The number of rotatable bonds is 5. The summed E-state index contributed by atoms with van der Waals surface area (Å²) in [6, 6.07) is 4.35. The van der Waals surface area contributed by atoms with Crippen molar-refractivity contribution in [3.63, 3.8) is 0 Å². The fourth-order valence-corrected chi connectivity index (χ4v) is 5.22. The predicted octanol–water partition coefficient (Wildman–Crippen LogP) is 3.42. The molecule has 1 saturated heterocycles. The van der Waals surface area contributed by atoms with E-state index in [0.29, 0.717) is 30.6 Å². The lowest BCUT2D eigenvalue weighted by Gasteiger charge is -2.32. The van der Waals surface area contributed by atoms with Crippen molar-refractivity contribution in [3.05, 3.63) is 29.0 Å². The third kappa shape index (κ3) is 3.93. The average Bonchev–Trinajstić information content (AvgIpc) is 2.98. The monoisotopic (exact) mass is 395 g/mol.